The molecule has 0 amide bonds. The Labute approximate surface area is 101 Å². The zero-order valence-electron chi connectivity index (χ0n) is 9.84. The molecule has 17 heavy (non-hydrogen) atoms. The minimum atomic E-state index is -0.556. The van der Waals surface area contributed by atoms with Crippen LogP contribution in [0, 0.1) is 5.92 Å². The van der Waals surface area contributed by atoms with E-state index < -0.39 is 6.10 Å². The highest BCUT2D eigenvalue weighted by molar-refractivity contribution is 5.37. The van der Waals surface area contributed by atoms with Crippen LogP contribution in [-0.2, 0) is 4.74 Å². The molecular formula is C14H18O3. The average Bonchev–Trinajstić information content (AvgIpc) is 3.17. The standard InChI is InChI=1S/C14H18O3/c15-14-11-3-1-2-4-12(11)17-9-13(14)16-8-7-10-5-6-10/h1-4,10,13-15H,5-9H2. The van der Waals surface area contributed by atoms with Crippen molar-refractivity contribution in [3.8, 4) is 5.75 Å². The number of benzene rings is 1. The number of rotatable bonds is 4. The van der Waals surface area contributed by atoms with Crippen LogP contribution in [0.25, 0.3) is 0 Å². The monoisotopic (exact) mass is 234 g/mol. The summed E-state index contributed by atoms with van der Waals surface area (Å²) in [6.07, 6.45) is 3.03. The molecule has 0 bridgehead atoms. The number of fused-ring (bicyclic) bond motifs is 1. The molecule has 0 radical (unpaired) electrons. The fourth-order valence-electron chi connectivity index (χ4n) is 2.25. The van der Waals surface area contributed by atoms with Crippen molar-refractivity contribution in [2.24, 2.45) is 5.92 Å². The van der Waals surface area contributed by atoms with Crippen LogP contribution in [-0.4, -0.2) is 24.4 Å². The molecule has 3 rings (SSSR count). The highest BCUT2D eigenvalue weighted by Crippen LogP contribution is 2.35. The lowest BCUT2D eigenvalue weighted by Gasteiger charge is -2.30. The van der Waals surface area contributed by atoms with Gasteiger partial charge in [0.1, 0.15) is 24.6 Å². The van der Waals surface area contributed by atoms with Crippen molar-refractivity contribution in [1.82, 2.24) is 0 Å². The van der Waals surface area contributed by atoms with Gasteiger partial charge in [-0.05, 0) is 18.4 Å². The summed E-state index contributed by atoms with van der Waals surface area (Å²) in [5.74, 6) is 1.64. The second-order valence-corrected chi connectivity index (χ2v) is 4.93. The first kappa shape index (κ1) is 11.1. The number of aliphatic hydroxyl groups excluding tert-OH is 1. The van der Waals surface area contributed by atoms with Crippen LogP contribution in [0.1, 0.15) is 30.9 Å². The first-order chi connectivity index (χ1) is 8.34. The van der Waals surface area contributed by atoms with Crippen LogP contribution < -0.4 is 4.74 Å². The molecule has 2 unspecified atom stereocenters. The van der Waals surface area contributed by atoms with Gasteiger partial charge in [-0.3, -0.25) is 0 Å². The third kappa shape index (κ3) is 2.45. The topological polar surface area (TPSA) is 38.7 Å². The van der Waals surface area contributed by atoms with Crippen molar-refractivity contribution >= 4 is 0 Å². The Balaban J connectivity index is 1.60. The van der Waals surface area contributed by atoms with Crippen LogP contribution >= 0.6 is 0 Å². The van der Waals surface area contributed by atoms with E-state index in [0.717, 1.165) is 30.3 Å². The molecule has 1 aromatic rings. The van der Waals surface area contributed by atoms with Gasteiger partial charge in [-0.2, -0.15) is 0 Å². The van der Waals surface area contributed by atoms with Crippen molar-refractivity contribution < 1.29 is 14.6 Å². The molecule has 0 spiro atoms. The van der Waals surface area contributed by atoms with E-state index in [1.807, 2.05) is 24.3 Å². The summed E-state index contributed by atoms with van der Waals surface area (Å²) in [7, 11) is 0. The predicted molar refractivity (Wildman–Crippen MR) is 64.0 cm³/mol. The molecule has 1 aromatic carbocycles. The molecule has 0 saturated heterocycles. The molecule has 2 aliphatic rings. The van der Waals surface area contributed by atoms with Crippen molar-refractivity contribution in [1.29, 1.82) is 0 Å². The second-order valence-electron chi connectivity index (χ2n) is 4.93. The van der Waals surface area contributed by atoms with Crippen LogP contribution in [0.2, 0.25) is 0 Å². The highest BCUT2D eigenvalue weighted by Gasteiger charge is 2.30. The molecule has 3 nitrogen and oxygen atoms in total. The number of para-hydroxylation sites is 1. The summed E-state index contributed by atoms with van der Waals surface area (Å²) in [6, 6.07) is 7.62. The summed E-state index contributed by atoms with van der Waals surface area (Å²) in [4.78, 5) is 0. The summed E-state index contributed by atoms with van der Waals surface area (Å²) in [5, 5.41) is 10.2. The van der Waals surface area contributed by atoms with Gasteiger partial charge in [0.25, 0.3) is 0 Å². The fraction of sp³-hybridized carbons (Fsp3) is 0.571. The first-order valence-electron chi connectivity index (χ1n) is 6.36. The molecule has 2 atom stereocenters. The maximum absolute atomic E-state index is 10.2. The van der Waals surface area contributed by atoms with Gasteiger partial charge in [0.2, 0.25) is 0 Å². The Hall–Kier alpha value is -1.06. The van der Waals surface area contributed by atoms with Crippen molar-refractivity contribution in [2.45, 2.75) is 31.5 Å². The third-order valence-electron chi connectivity index (χ3n) is 3.55. The smallest absolute Gasteiger partial charge is 0.125 e. The van der Waals surface area contributed by atoms with E-state index in [-0.39, 0.29) is 6.10 Å². The van der Waals surface area contributed by atoms with Crippen LogP contribution in [0.15, 0.2) is 24.3 Å². The van der Waals surface area contributed by atoms with Gasteiger partial charge in [-0.15, -0.1) is 0 Å². The van der Waals surface area contributed by atoms with Gasteiger partial charge in [-0.1, -0.05) is 31.0 Å². The van der Waals surface area contributed by atoms with Gasteiger partial charge < -0.3 is 14.6 Å². The van der Waals surface area contributed by atoms with Crippen LogP contribution in [0.4, 0.5) is 0 Å². The summed E-state index contributed by atoms with van der Waals surface area (Å²) in [5.41, 5.74) is 0.843. The van der Waals surface area contributed by atoms with E-state index in [4.69, 9.17) is 9.47 Å². The minimum Gasteiger partial charge on any atom is -0.490 e. The van der Waals surface area contributed by atoms with E-state index in [1.165, 1.54) is 12.8 Å². The molecule has 0 aromatic heterocycles. The SMILES string of the molecule is OC1c2ccccc2OCC1OCCC1CC1. The molecular weight excluding hydrogens is 216 g/mol. The quantitative estimate of drug-likeness (QED) is 0.868. The average molecular weight is 234 g/mol. The lowest BCUT2D eigenvalue weighted by molar-refractivity contribution is -0.0734. The predicted octanol–water partition coefficient (Wildman–Crippen LogP) is 2.30. The largest absolute Gasteiger partial charge is 0.490 e. The second kappa shape index (κ2) is 4.67. The maximum Gasteiger partial charge on any atom is 0.125 e. The van der Waals surface area contributed by atoms with E-state index >= 15 is 0 Å². The Morgan fingerprint density at radius 2 is 2.12 bits per heavy atom. The lowest BCUT2D eigenvalue weighted by Crippen LogP contribution is -2.33. The Kier molecular flexibility index (Phi) is 3.04. The van der Waals surface area contributed by atoms with Gasteiger partial charge in [0.05, 0.1) is 0 Å². The van der Waals surface area contributed by atoms with E-state index in [9.17, 15) is 5.11 Å². The molecule has 92 valence electrons. The van der Waals surface area contributed by atoms with Crippen molar-refractivity contribution in [3.05, 3.63) is 29.8 Å². The van der Waals surface area contributed by atoms with E-state index in [0.29, 0.717) is 6.61 Å². The third-order valence-corrected chi connectivity index (χ3v) is 3.55. The number of aliphatic hydroxyl groups is 1. The van der Waals surface area contributed by atoms with Crippen LogP contribution in [0.3, 0.4) is 0 Å². The Morgan fingerprint density at radius 3 is 2.94 bits per heavy atom. The first-order valence-corrected chi connectivity index (χ1v) is 6.36. The molecule has 1 fully saturated rings. The zero-order chi connectivity index (χ0) is 11.7. The van der Waals surface area contributed by atoms with E-state index in [1.54, 1.807) is 0 Å². The Bertz CT molecular complexity index is 387. The maximum atomic E-state index is 10.2. The zero-order valence-corrected chi connectivity index (χ0v) is 9.84. The molecule has 1 aliphatic heterocycles. The van der Waals surface area contributed by atoms with E-state index in [2.05, 4.69) is 0 Å². The van der Waals surface area contributed by atoms with Gasteiger partial charge >= 0.3 is 0 Å². The molecule has 1 aliphatic carbocycles. The summed E-state index contributed by atoms with van der Waals surface area (Å²) < 4.78 is 11.3. The summed E-state index contributed by atoms with van der Waals surface area (Å²) in [6.45, 7) is 1.18. The highest BCUT2D eigenvalue weighted by atomic mass is 16.5. The van der Waals surface area contributed by atoms with Crippen molar-refractivity contribution in [2.75, 3.05) is 13.2 Å². The number of hydrogen-bond donors (Lipinski definition) is 1. The summed E-state index contributed by atoms with van der Waals surface area (Å²) >= 11 is 0. The normalized spacial score (nSPS) is 27.4. The number of hydrogen-bond acceptors (Lipinski definition) is 3. The fourth-order valence-corrected chi connectivity index (χ4v) is 2.25. The molecule has 3 heteroatoms. The molecule has 1 N–H and O–H groups in total. The Morgan fingerprint density at radius 1 is 1.29 bits per heavy atom. The lowest BCUT2D eigenvalue weighted by atomic mass is 10.0. The number of ether oxygens (including phenoxy) is 2. The van der Waals surface area contributed by atoms with Crippen LogP contribution in [0.5, 0.6) is 5.75 Å². The van der Waals surface area contributed by atoms with Gasteiger partial charge in [0, 0.05) is 12.2 Å². The van der Waals surface area contributed by atoms with Gasteiger partial charge in [0.15, 0.2) is 0 Å². The molecule has 1 saturated carbocycles. The molecule has 1 heterocycles. The van der Waals surface area contributed by atoms with Gasteiger partial charge in [-0.25, -0.2) is 0 Å². The van der Waals surface area contributed by atoms with Crippen molar-refractivity contribution in [3.63, 3.8) is 0 Å². The minimum absolute atomic E-state index is 0.219.